The highest BCUT2D eigenvalue weighted by Crippen LogP contribution is 2.15. The smallest absolute Gasteiger partial charge is 0.408 e. The molecular formula is C12H26NO3+. The van der Waals surface area contributed by atoms with Gasteiger partial charge in [0.2, 0.25) is 0 Å². The lowest BCUT2D eigenvalue weighted by atomic mass is 9.96. The Morgan fingerprint density at radius 2 is 1.88 bits per heavy atom. The van der Waals surface area contributed by atoms with Crippen molar-refractivity contribution in [3.05, 3.63) is 0 Å². The molecule has 96 valence electrons. The molecule has 0 saturated heterocycles. The van der Waals surface area contributed by atoms with Crippen molar-refractivity contribution in [1.29, 1.82) is 0 Å². The molecule has 3 N–H and O–H groups in total. The van der Waals surface area contributed by atoms with Crippen molar-refractivity contribution in [2.75, 3.05) is 6.61 Å². The third-order valence-corrected chi connectivity index (χ3v) is 2.27. The standard InChI is InChI=1S/C12H25NO3/c1-6-7-8-12(5,9-14)13-10(15)16-11(2,3)4/h14H,6-9H2,1-5H3,(H,13,15)/p+1/t12-/m1/s1. The van der Waals surface area contributed by atoms with E-state index in [1.807, 2.05) is 27.7 Å². The molecule has 1 amide bonds. The molecule has 4 heteroatoms. The summed E-state index contributed by atoms with van der Waals surface area (Å²) in [5.41, 5.74) is -0.962. The van der Waals surface area contributed by atoms with E-state index >= 15 is 0 Å². The normalized spacial score (nSPS) is 15.4. The molecule has 0 aromatic carbocycles. The number of carbonyl (C=O) groups excluding carboxylic acids is 1. The van der Waals surface area contributed by atoms with Gasteiger partial charge in [0.05, 0.1) is 0 Å². The van der Waals surface area contributed by atoms with Gasteiger partial charge in [-0.1, -0.05) is 19.8 Å². The number of nitrogens with one attached hydrogen (secondary N) is 1. The molecule has 0 radical (unpaired) electrons. The molecule has 0 heterocycles. The van der Waals surface area contributed by atoms with E-state index in [-0.39, 0.29) is 6.61 Å². The van der Waals surface area contributed by atoms with Crippen LogP contribution in [-0.4, -0.2) is 28.9 Å². The first kappa shape index (κ1) is 15.2. The Morgan fingerprint density at radius 1 is 1.31 bits per heavy atom. The van der Waals surface area contributed by atoms with Crippen LogP contribution in [0.5, 0.6) is 0 Å². The molecule has 0 aliphatic rings. The fraction of sp³-hybridized carbons (Fsp3) is 0.917. The number of carbonyl (C=O) groups is 1. The third kappa shape index (κ3) is 6.67. The molecule has 1 atom stereocenters. The Balaban J connectivity index is 4.25. The number of unbranched alkanes of at least 4 members (excludes halogenated alkanes) is 1. The van der Waals surface area contributed by atoms with Gasteiger partial charge >= 0.3 is 6.09 Å². The lowest BCUT2D eigenvalue weighted by Crippen LogP contribution is -2.50. The molecule has 0 spiro atoms. The average Bonchev–Trinajstić information content (AvgIpc) is 2.11. The van der Waals surface area contributed by atoms with Gasteiger partial charge in [0.25, 0.3) is 0 Å². The van der Waals surface area contributed by atoms with E-state index in [0.717, 1.165) is 19.3 Å². The van der Waals surface area contributed by atoms with E-state index in [4.69, 9.17) is 9.84 Å². The van der Waals surface area contributed by atoms with Crippen molar-refractivity contribution in [1.82, 2.24) is 5.32 Å². The molecule has 0 bridgehead atoms. The Morgan fingerprint density at radius 3 is 2.25 bits per heavy atom. The highest BCUT2D eigenvalue weighted by Gasteiger charge is 2.29. The number of hydrogen-bond donors (Lipinski definition) is 1. The first-order valence-electron chi connectivity index (χ1n) is 5.88. The lowest BCUT2D eigenvalue weighted by Gasteiger charge is -2.28. The van der Waals surface area contributed by atoms with Crippen LogP contribution >= 0.6 is 0 Å². The van der Waals surface area contributed by atoms with Gasteiger partial charge in [-0.15, -0.1) is 0 Å². The Hall–Kier alpha value is -0.770. The van der Waals surface area contributed by atoms with Gasteiger partial charge in [-0.3, -0.25) is 0 Å². The summed E-state index contributed by atoms with van der Waals surface area (Å²) in [6.07, 6.45) is 2.45. The number of ether oxygens (including phenoxy) is 1. The molecule has 0 aromatic rings. The summed E-state index contributed by atoms with van der Waals surface area (Å²) < 4.78 is 5.18. The van der Waals surface area contributed by atoms with Crippen molar-refractivity contribution in [2.45, 2.75) is 65.0 Å². The molecule has 0 aliphatic carbocycles. The van der Waals surface area contributed by atoms with E-state index in [0.29, 0.717) is 0 Å². The second-order valence-corrected chi connectivity index (χ2v) is 5.47. The van der Waals surface area contributed by atoms with Crippen LogP contribution in [-0.2, 0) is 4.74 Å². The first-order valence-corrected chi connectivity index (χ1v) is 5.88. The topological polar surface area (TPSA) is 61.2 Å². The van der Waals surface area contributed by atoms with Crippen LogP contribution in [0, 0.1) is 0 Å². The Bertz CT molecular complexity index is 223. The van der Waals surface area contributed by atoms with Crippen molar-refractivity contribution in [3.63, 3.8) is 0 Å². The maximum absolute atomic E-state index is 11.6. The van der Waals surface area contributed by atoms with Crippen LogP contribution < -0.4 is 5.32 Å². The fourth-order valence-corrected chi connectivity index (χ4v) is 1.31. The monoisotopic (exact) mass is 232 g/mol. The van der Waals surface area contributed by atoms with Crippen molar-refractivity contribution < 1.29 is 14.6 Å². The zero-order valence-corrected chi connectivity index (χ0v) is 11.1. The van der Waals surface area contributed by atoms with Crippen molar-refractivity contribution in [3.8, 4) is 0 Å². The summed E-state index contributed by atoms with van der Waals surface area (Å²) in [5.74, 6) is 0. The molecule has 0 saturated carbocycles. The minimum absolute atomic E-state index is 0.173. The average molecular weight is 232 g/mol. The summed E-state index contributed by atoms with van der Waals surface area (Å²) in [4.78, 5) is 11.6. The molecular weight excluding hydrogens is 206 g/mol. The Kier molecular flexibility index (Phi) is 5.79. The van der Waals surface area contributed by atoms with Gasteiger partial charge in [0.15, 0.2) is 6.61 Å². The van der Waals surface area contributed by atoms with Crippen LogP contribution in [0.15, 0.2) is 0 Å². The number of alkyl carbamates (subject to hydrolysis) is 1. The maximum Gasteiger partial charge on any atom is 0.408 e. The summed E-state index contributed by atoms with van der Waals surface area (Å²) in [7, 11) is 0. The Labute approximate surface area is 98.4 Å². The molecule has 4 nitrogen and oxygen atoms in total. The quantitative estimate of drug-likeness (QED) is 0.738. The van der Waals surface area contributed by atoms with Crippen LogP contribution in [0.1, 0.15) is 53.9 Å². The lowest BCUT2D eigenvalue weighted by molar-refractivity contribution is 0.0404. The molecule has 0 unspecified atom stereocenters. The van der Waals surface area contributed by atoms with Gasteiger partial charge in [-0.25, -0.2) is 4.79 Å². The second kappa shape index (κ2) is 6.09. The van der Waals surface area contributed by atoms with E-state index in [1.165, 1.54) is 0 Å². The maximum atomic E-state index is 11.6. The van der Waals surface area contributed by atoms with Gasteiger partial charge in [0, 0.05) is 0 Å². The van der Waals surface area contributed by atoms with E-state index in [1.54, 1.807) is 0 Å². The highest BCUT2D eigenvalue weighted by molar-refractivity contribution is 5.68. The molecule has 16 heavy (non-hydrogen) atoms. The SMILES string of the molecule is CCCC[C@](C)(C[OH2+])NC(=O)OC(C)(C)C. The van der Waals surface area contributed by atoms with Crippen molar-refractivity contribution in [2.24, 2.45) is 0 Å². The van der Waals surface area contributed by atoms with Crippen LogP contribution in [0.25, 0.3) is 0 Å². The van der Waals surface area contributed by atoms with Gasteiger partial charge < -0.3 is 15.2 Å². The van der Waals surface area contributed by atoms with Crippen LogP contribution in [0.3, 0.4) is 0 Å². The summed E-state index contributed by atoms with van der Waals surface area (Å²) in [6, 6.07) is 0. The van der Waals surface area contributed by atoms with E-state index < -0.39 is 17.2 Å². The zero-order valence-electron chi connectivity index (χ0n) is 11.1. The minimum Gasteiger partial charge on any atom is -0.444 e. The largest absolute Gasteiger partial charge is 0.444 e. The first-order chi connectivity index (χ1) is 7.22. The summed E-state index contributed by atoms with van der Waals surface area (Å²) in [5, 5.41) is 10.3. The van der Waals surface area contributed by atoms with Gasteiger partial charge in [0.1, 0.15) is 11.1 Å². The number of hydrogen-bond acceptors (Lipinski definition) is 2. The van der Waals surface area contributed by atoms with E-state index in [2.05, 4.69) is 12.2 Å². The van der Waals surface area contributed by atoms with Gasteiger partial charge in [-0.2, -0.15) is 0 Å². The summed E-state index contributed by atoms with van der Waals surface area (Å²) in [6.45, 7) is 9.65. The predicted molar refractivity (Wildman–Crippen MR) is 65.8 cm³/mol. The number of amides is 1. The van der Waals surface area contributed by atoms with Crippen molar-refractivity contribution >= 4 is 6.09 Å². The molecule has 0 rings (SSSR count). The van der Waals surface area contributed by atoms with E-state index in [9.17, 15) is 4.79 Å². The second-order valence-electron chi connectivity index (χ2n) is 5.47. The van der Waals surface area contributed by atoms with Gasteiger partial charge in [-0.05, 0) is 34.1 Å². The summed E-state index contributed by atoms with van der Waals surface area (Å²) >= 11 is 0. The number of rotatable bonds is 5. The molecule has 0 fully saturated rings. The fourth-order valence-electron chi connectivity index (χ4n) is 1.31. The zero-order chi connectivity index (χ0) is 12.8. The minimum atomic E-state index is -0.488. The molecule has 0 aliphatic heterocycles. The van der Waals surface area contributed by atoms with Crippen LogP contribution in [0.4, 0.5) is 4.79 Å². The molecule has 0 aromatic heterocycles. The third-order valence-electron chi connectivity index (χ3n) is 2.27. The predicted octanol–water partition coefficient (Wildman–Crippen LogP) is 2.18. The van der Waals surface area contributed by atoms with Crippen LogP contribution in [0.2, 0.25) is 0 Å². The highest BCUT2D eigenvalue weighted by atomic mass is 16.6.